The third-order valence-electron chi connectivity index (χ3n) is 3.39. The second-order valence-corrected chi connectivity index (χ2v) is 5.70. The number of aliphatic carboxylic acids is 1. The van der Waals surface area contributed by atoms with Crippen molar-refractivity contribution >= 4 is 40.2 Å². The van der Waals surface area contributed by atoms with Crippen LogP contribution in [0.5, 0.6) is 0 Å². The van der Waals surface area contributed by atoms with Gasteiger partial charge in [0.1, 0.15) is 0 Å². The van der Waals surface area contributed by atoms with Gasteiger partial charge in [-0.2, -0.15) is 0 Å². The zero-order chi connectivity index (χ0) is 14.5. The summed E-state index contributed by atoms with van der Waals surface area (Å²) in [5.74, 6) is -0.742. The van der Waals surface area contributed by atoms with Crippen molar-refractivity contribution < 1.29 is 14.7 Å². The van der Waals surface area contributed by atoms with Gasteiger partial charge in [-0.3, -0.25) is 14.5 Å². The smallest absolute Gasteiger partial charge is 0.304 e. The molecule has 0 bridgehead atoms. The van der Waals surface area contributed by atoms with Crippen molar-refractivity contribution in [1.29, 1.82) is 0 Å². The summed E-state index contributed by atoms with van der Waals surface area (Å²) in [4.78, 5) is 26.7. The number of hydrogen-bond donors (Lipinski definition) is 1. The summed E-state index contributed by atoms with van der Waals surface area (Å²) >= 11 is 3.35. The fraction of sp³-hybridized carbons (Fsp3) is 0.429. The van der Waals surface area contributed by atoms with Crippen LogP contribution >= 0.6 is 28.3 Å². The SMILES string of the molecule is Cl.O=C(O)CCN1CCN(C(=O)c2ccc(Br)cc2)CC1. The minimum absolute atomic E-state index is 0. The lowest BCUT2D eigenvalue weighted by Crippen LogP contribution is -2.49. The Morgan fingerprint density at radius 2 is 1.67 bits per heavy atom. The molecule has 1 aromatic carbocycles. The molecule has 0 aliphatic carbocycles. The van der Waals surface area contributed by atoms with Gasteiger partial charge in [0.15, 0.2) is 0 Å². The zero-order valence-electron chi connectivity index (χ0n) is 11.5. The maximum absolute atomic E-state index is 12.3. The average Bonchev–Trinajstić information content (AvgIpc) is 2.46. The molecule has 1 amide bonds. The summed E-state index contributed by atoms with van der Waals surface area (Å²) in [6, 6.07) is 7.33. The van der Waals surface area contributed by atoms with E-state index >= 15 is 0 Å². The first-order valence-electron chi connectivity index (χ1n) is 6.55. The normalized spacial score (nSPS) is 15.4. The highest BCUT2D eigenvalue weighted by Gasteiger charge is 2.22. The quantitative estimate of drug-likeness (QED) is 0.873. The fourth-order valence-electron chi connectivity index (χ4n) is 2.20. The number of rotatable bonds is 4. The van der Waals surface area contributed by atoms with E-state index in [4.69, 9.17) is 5.11 Å². The Morgan fingerprint density at radius 3 is 2.19 bits per heavy atom. The predicted molar refractivity (Wildman–Crippen MR) is 86.0 cm³/mol. The van der Waals surface area contributed by atoms with Crippen LogP contribution in [0.2, 0.25) is 0 Å². The molecule has 1 aromatic rings. The Labute approximate surface area is 138 Å². The van der Waals surface area contributed by atoms with Crippen molar-refractivity contribution in [3.05, 3.63) is 34.3 Å². The molecule has 0 saturated carbocycles. The second kappa shape index (κ2) is 8.36. The molecule has 7 heteroatoms. The largest absolute Gasteiger partial charge is 0.481 e. The molecule has 1 N–H and O–H groups in total. The Hall–Kier alpha value is -1.11. The van der Waals surface area contributed by atoms with E-state index in [-0.39, 0.29) is 24.7 Å². The molecule has 0 spiro atoms. The molecule has 0 radical (unpaired) electrons. The van der Waals surface area contributed by atoms with Gasteiger partial charge in [-0.15, -0.1) is 12.4 Å². The van der Waals surface area contributed by atoms with Crippen LogP contribution in [-0.2, 0) is 4.79 Å². The van der Waals surface area contributed by atoms with Gasteiger partial charge in [0, 0.05) is 42.8 Å². The Balaban J connectivity index is 0.00000220. The molecule has 5 nitrogen and oxygen atoms in total. The topological polar surface area (TPSA) is 60.9 Å². The first kappa shape index (κ1) is 17.9. The third kappa shape index (κ3) is 5.30. The van der Waals surface area contributed by atoms with E-state index in [1.54, 1.807) is 0 Å². The summed E-state index contributed by atoms with van der Waals surface area (Å²) in [5.41, 5.74) is 0.687. The van der Waals surface area contributed by atoms with E-state index < -0.39 is 5.97 Å². The summed E-state index contributed by atoms with van der Waals surface area (Å²) in [7, 11) is 0. The summed E-state index contributed by atoms with van der Waals surface area (Å²) in [5, 5.41) is 8.66. The van der Waals surface area contributed by atoms with E-state index in [1.807, 2.05) is 29.2 Å². The summed E-state index contributed by atoms with van der Waals surface area (Å²) in [6.07, 6.45) is 0.153. The van der Waals surface area contributed by atoms with Gasteiger partial charge in [-0.25, -0.2) is 0 Å². The average molecular weight is 378 g/mol. The van der Waals surface area contributed by atoms with Crippen LogP contribution in [0.25, 0.3) is 0 Å². The van der Waals surface area contributed by atoms with Crippen LogP contribution in [0.1, 0.15) is 16.8 Å². The molecule has 1 fully saturated rings. The number of carboxylic acid groups (broad SMARTS) is 1. The van der Waals surface area contributed by atoms with E-state index in [2.05, 4.69) is 20.8 Å². The summed E-state index contributed by atoms with van der Waals surface area (Å²) in [6.45, 7) is 3.31. The van der Waals surface area contributed by atoms with Crippen LogP contribution in [0.15, 0.2) is 28.7 Å². The minimum atomic E-state index is -0.779. The van der Waals surface area contributed by atoms with Crippen molar-refractivity contribution in [3.8, 4) is 0 Å². The van der Waals surface area contributed by atoms with Crippen molar-refractivity contribution in [2.75, 3.05) is 32.7 Å². The number of hydrogen-bond acceptors (Lipinski definition) is 3. The van der Waals surface area contributed by atoms with Gasteiger partial charge in [0.25, 0.3) is 5.91 Å². The molecule has 1 heterocycles. The number of carbonyl (C=O) groups is 2. The van der Waals surface area contributed by atoms with Crippen LogP contribution < -0.4 is 0 Å². The second-order valence-electron chi connectivity index (χ2n) is 4.78. The highest BCUT2D eigenvalue weighted by Crippen LogP contribution is 2.13. The molecule has 2 rings (SSSR count). The van der Waals surface area contributed by atoms with Crippen LogP contribution in [0.4, 0.5) is 0 Å². The van der Waals surface area contributed by atoms with E-state index in [0.717, 1.165) is 17.6 Å². The number of amides is 1. The van der Waals surface area contributed by atoms with E-state index in [1.165, 1.54) is 0 Å². The van der Waals surface area contributed by atoms with Crippen molar-refractivity contribution in [2.24, 2.45) is 0 Å². The summed E-state index contributed by atoms with van der Waals surface area (Å²) < 4.78 is 0.951. The fourth-order valence-corrected chi connectivity index (χ4v) is 2.47. The minimum Gasteiger partial charge on any atom is -0.481 e. The number of halogens is 2. The van der Waals surface area contributed by atoms with Gasteiger partial charge >= 0.3 is 5.97 Å². The Morgan fingerprint density at radius 1 is 1.10 bits per heavy atom. The molecule has 1 aliphatic heterocycles. The first-order chi connectivity index (χ1) is 9.56. The standard InChI is InChI=1S/C14H17BrN2O3.ClH/c15-12-3-1-11(2-4-12)14(20)17-9-7-16(8-10-17)6-5-13(18)19;/h1-4H,5-10H2,(H,18,19);1H. The van der Waals surface area contributed by atoms with Gasteiger partial charge in [0.05, 0.1) is 6.42 Å². The number of piperazine rings is 1. The molecular formula is C14H18BrClN2O3. The van der Waals surface area contributed by atoms with Crippen LogP contribution in [0, 0.1) is 0 Å². The lowest BCUT2D eigenvalue weighted by atomic mass is 10.2. The van der Waals surface area contributed by atoms with Gasteiger partial charge < -0.3 is 10.0 Å². The van der Waals surface area contributed by atoms with Crippen molar-refractivity contribution in [1.82, 2.24) is 9.80 Å². The van der Waals surface area contributed by atoms with E-state index in [9.17, 15) is 9.59 Å². The molecule has 1 saturated heterocycles. The first-order valence-corrected chi connectivity index (χ1v) is 7.34. The predicted octanol–water partition coefficient (Wildman–Crippen LogP) is 2.10. The molecule has 21 heavy (non-hydrogen) atoms. The number of carbonyl (C=O) groups excluding carboxylic acids is 1. The monoisotopic (exact) mass is 376 g/mol. The number of carboxylic acids is 1. The maximum atomic E-state index is 12.3. The highest BCUT2D eigenvalue weighted by molar-refractivity contribution is 9.10. The third-order valence-corrected chi connectivity index (χ3v) is 3.92. The van der Waals surface area contributed by atoms with Gasteiger partial charge in [-0.1, -0.05) is 15.9 Å². The Bertz CT molecular complexity index is 487. The zero-order valence-corrected chi connectivity index (χ0v) is 13.9. The van der Waals surface area contributed by atoms with Gasteiger partial charge in [0.2, 0.25) is 0 Å². The Kier molecular flexibility index (Phi) is 7.14. The van der Waals surface area contributed by atoms with Gasteiger partial charge in [-0.05, 0) is 24.3 Å². The highest BCUT2D eigenvalue weighted by atomic mass is 79.9. The van der Waals surface area contributed by atoms with Crippen LogP contribution in [0.3, 0.4) is 0 Å². The maximum Gasteiger partial charge on any atom is 0.304 e. The molecule has 116 valence electrons. The molecule has 0 aromatic heterocycles. The van der Waals surface area contributed by atoms with Crippen LogP contribution in [-0.4, -0.2) is 59.5 Å². The number of nitrogens with zero attached hydrogens (tertiary/aromatic N) is 2. The number of benzene rings is 1. The molecule has 1 aliphatic rings. The van der Waals surface area contributed by atoms with Crippen molar-refractivity contribution in [2.45, 2.75) is 6.42 Å². The van der Waals surface area contributed by atoms with E-state index in [0.29, 0.717) is 25.2 Å². The molecule has 0 unspecified atom stereocenters. The lowest BCUT2D eigenvalue weighted by Gasteiger charge is -2.34. The lowest BCUT2D eigenvalue weighted by molar-refractivity contribution is -0.137. The molecule has 0 atom stereocenters. The van der Waals surface area contributed by atoms with Crippen molar-refractivity contribution in [3.63, 3.8) is 0 Å². The molecular weight excluding hydrogens is 360 g/mol.